The predicted octanol–water partition coefficient (Wildman–Crippen LogP) is 4.08. The summed E-state index contributed by atoms with van der Waals surface area (Å²) in [5, 5.41) is 0.784. The quantitative estimate of drug-likeness (QED) is 0.821. The molecule has 0 bridgehead atoms. The SMILES string of the molecule is CCC(C)CC(N)c1ccc(Cl)cc1C. The summed E-state index contributed by atoms with van der Waals surface area (Å²) in [5.74, 6) is 0.676. The van der Waals surface area contributed by atoms with Gasteiger partial charge in [-0.15, -0.1) is 0 Å². The smallest absolute Gasteiger partial charge is 0.0408 e. The fraction of sp³-hybridized carbons (Fsp3) is 0.538. The Bertz CT molecular complexity index is 322. The average Bonchev–Trinajstić information content (AvgIpc) is 2.17. The number of aryl methyl sites for hydroxylation is 1. The second kappa shape index (κ2) is 5.53. The number of hydrogen-bond acceptors (Lipinski definition) is 1. The van der Waals surface area contributed by atoms with Crippen LogP contribution in [-0.2, 0) is 0 Å². The summed E-state index contributed by atoms with van der Waals surface area (Å²) in [5.41, 5.74) is 8.59. The van der Waals surface area contributed by atoms with E-state index in [0.29, 0.717) is 5.92 Å². The molecule has 0 aliphatic carbocycles. The molecule has 84 valence electrons. The van der Waals surface area contributed by atoms with Crippen LogP contribution in [0.2, 0.25) is 5.02 Å². The van der Waals surface area contributed by atoms with E-state index in [1.54, 1.807) is 0 Å². The maximum atomic E-state index is 6.18. The first kappa shape index (κ1) is 12.5. The van der Waals surface area contributed by atoms with E-state index >= 15 is 0 Å². The predicted molar refractivity (Wildman–Crippen MR) is 67.2 cm³/mol. The first-order valence-corrected chi connectivity index (χ1v) is 5.94. The minimum atomic E-state index is 0.136. The molecule has 1 nitrogen and oxygen atoms in total. The van der Waals surface area contributed by atoms with Crippen LogP contribution in [0.15, 0.2) is 18.2 Å². The molecule has 1 rings (SSSR count). The Morgan fingerprint density at radius 1 is 1.40 bits per heavy atom. The monoisotopic (exact) mass is 225 g/mol. The molecule has 0 aromatic heterocycles. The van der Waals surface area contributed by atoms with Crippen molar-refractivity contribution >= 4 is 11.6 Å². The summed E-state index contributed by atoms with van der Waals surface area (Å²) in [6, 6.07) is 6.08. The van der Waals surface area contributed by atoms with E-state index in [1.165, 1.54) is 17.5 Å². The third-order valence-corrected chi connectivity index (χ3v) is 3.22. The topological polar surface area (TPSA) is 26.0 Å². The van der Waals surface area contributed by atoms with E-state index in [4.69, 9.17) is 17.3 Å². The van der Waals surface area contributed by atoms with Crippen molar-refractivity contribution in [2.45, 2.75) is 39.7 Å². The van der Waals surface area contributed by atoms with Crippen molar-refractivity contribution in [2.75, 3.05) is 0 Å². The molecule has 2 atom stereocenters. The minimum absolute atomic E-state index is 0.136. The van der Waals surface area contributed by atoms with Crippen LogP contribution < -0.4 is 5.73 Å². The van der Waals surface area contributed by atoms with Crippen LogP contribution in [0.4, 0.5) is 0 Å². The highest BCUT2D eigenvalue weighted by Crippen LogP contribution is 2.25. The van der Waals surface area contributed by atoms with Crippen molar-refractivity contribution in [2.24, 2.45) is 11.7 Å². The zero-order valence-corrected chi connectivity index (χ0v) is 10.5. The van der Waals surface area contributed by atoms with Gasteiger partial charge in [-0.1, -0.05) is 37.9 Å². The van der Waals surface area contributed by atoms with Crippen LogP contribution in [0.1, 0.15) is 43.9 Å². The van der Waals surface area contributed by atoms with E-state index in [0.717, 1.165) is 11.4 Å². The van der Waals surface area contributed by atoms with Gasteiger partial charge in [-0.3, -0.25) is 0 Å². The van der Waals surface area contributed by atoms with Crippen LogP contribution in [0.5, 0.6) is 0 Å². The van der Waals surface area contributed by atoms with Crippen molar-refractivity contribution in [1.82, 2.24) is 0 Å². The number of halogens is 1. The molecule has 0 aliphatic heterocycles. The van der Waals surface area contributed by atoms with Crippen molar-refractivity contribution in [3.05, 3.63) is 34.3 Å². The highest BCUT2D eigenvalue weighted by Gasteiger charge is 2.12. The average molecular weight is 226 g/mol. The highest BCUT2D eigenvalue weighted by molar-refractivity contribution is 6.30. The summed E-state index contributed by atoms with van der Waals surface area (Å²) >= 11 is 5.91. The fourth-order valence-electron chi connectivity index (χ4n) is 1.78. The molecule has 1 aromatic rings. The molecule has 2 heteroatoms. The van der Waals surface area contributed by atoms with E-state index in [9.17, 15) is 0 Å². The zero-order valence-electron chi connectivity index (χ0n) is 9.76. The Kier molecular flexibility index (Phi) is 4.62. The largest absolute Gasteiger partial charge is 0.324 e. The van der Waals surface area contributed by atoms with E-state index < -0.39 is 0 Å². The van der Waals surface area contributed by atoms with E-state index in [2.05, 4.69) is 20.8 Å². The second-order valence-corrected chi connectivity index (χ2v) is 4.79. The third kappa shape index (κ3) is 3.51. The number of benzene rings is 1. The third-order valence-electron chi connectivity index (χ3n) is 2.98. The van der Waals surface area contributed by atoms with E-state index in [1.807, 2.05) is 18.2 Å². The van der Waals surface area contributed by atoms with Gasteiger partial charge in [0.2, 0.25) is 0 Å². The van der Waals surface area contributed by atoms with Gasteiger partial charge >= 0.3 is 0 Å². The van der Waals surface area contributed by atoms with Gasteiger partial charge in [-0.25, -0.2) is 0 Å². The molecule has 0 amide bonds. The molecule has 0 aliphatic rings. The lowest BCUT2D eigenvalue weighted by atomic mass is 9.92. The summed E-state index contributed by atoms with van der Waals surface area (Å²) in [6.45, 7) is 6.51. The van der Waals surface area contributed by atoms with E-state index in [-0.39, 0.29) is 6.04 Å². The molecule has 0 saturated carbocycles. The summed E-state index contributed by atoms with van der Waals surface area (Å²) in [4.78, 5) is 0. The van der Waals surface area contributed by atoms with Crippen LogP contribution in [-0.4, -0.2) is 0 Å². The van der Waals surface area contributed by atoms with Gasteiger partial charge in [0.25, 0.3) is 0 Å². The van der Waals surface area contributed by atoms with Crippen molar-refractivity contribution in [3.8, 4) is 0 Å². The number of rotatable bonds is 4. The molecule has 2 N–H and O–H groups in total. The Balaban J connectivity index is 2.77. The molecular formula is C13H20ClN. The van der Waals surface area contributed by atoms with Gasteiger partial charge in [0.1, 0.15) is 0 Å². The molecule has 1 aromatic carbocycles. The van der Waals surface area contributed by atoms with Gasteiger partial charge in [0.05, 0.1) is 0 Å². The standard InChI is InChI=1S/C13H20ClN/c1-4-9(2)7-13(15)12-6-5-11(14)8-10(12)3/h5-6,8-9,13H,4,7,15H2,1-3H3. The van der Waals surface area contributed by atoms with Crippen LogP contribution in [0, 0.1) is 12.8 Å². The maximum Gasteiger partial charge on any atom is 0.0408 e. The van der Waals surface area contributed by atoms with Crippen LogP contribution in [0.3, 0.4) is 0 Å². The maximum absolute atomic E-state index is 6.18. The molecule has 0 spiro atoms. The molecule has 0 saturated heterocycles. The zero-order chi connectivity index (χ0) is 11.4. The second-order valence-electron chi connectivity index (χ2n) is 4.36. The van der Waals surface area contributed by atoms with Crippen LogP contribution in [0.25, 0.3) is 0 Å². The van der Waals surface area contributed by atoms with Crippen molar-refractivity contribution < 1.29 is 0 Å². The van der Waals surface area contributed by atoms with Gasteiger partial charge in [-0.05, 0) is 42.5 Å². The Morgan fingerprint density at radius 3 is 2.60 bits per heavy atom. The summed E-state index contributed by atoms with van der Waals surface area (Å²) < 4.78 is 0. The van der Waals surface area contributed by atoms with Crippen molar-refractivity contribution in [3.63, 3.8) is 0 Å². The van der Waals surface area contributed by atoms with Crippen molar-refractivity contribution in [1.29, 1.82) is 0 Å². The molecule has 0 heterocycles. The van der Waals surface area contributed by atoms with Gasteiger partial charge in [0, 0.05) is 11.1 Å². The first-order chi connectivity index (χ1) is 7.04. The number of nitrogens with two attached hydrogens (primary N) is 1. The molecular weight excluding hydrogens is 206 g/mol. The van der Waals surface area contributed by atoms with Gasteiger partial charge in [0.15, 0.2) is 0 Å². The molecule has 0 radical (unpaired) electrons. The number of hydrogen-bond donors (Lipinski definition) is 1. The van der Waals surface area contributed by atoms with Crippen LogP contribution >= 0.6 is 11.6 Å². The summed E-state index contributed by atoms with van der Waals surface area (Å²) in [6.07, 6.45) is 2.22. The Morgan fingerprint density at radius 2 is 2.07 bits per heavy atom. The lowest BCUT2D eigenvalue weighted by Gasteiger charge is -2.18. The minimum Gasteiger partial charge on any atom is -0.324 e. The summed E-state index contributed by atoms with van der Waals surface area (Å²) in [7, 11) is 0. The first-order valence-electron chi connectivity index (χ1n) is 5.56. The molecule has 15 heavy (non-hydrogen) atoms. The van der Waals surface area contributed by atoms with Gasteiger partial charge in [-0.2, -0.15) is 0 Å². The normalized spacial score (nSPS) is 15.0. The van der Waals surface area contributed by atoms with Gasteiger partial charge < -0.3 is 5.73 Å². The molecule has 0 fully saturated rings. The Labute approximate surface area is 97.6 Å². The highest BCUT2D eigenvalue weighted by atomic mass is 35.5. The fourth-order valence-corrected chi connectivity index (χ4v) is 2.01. The molecule has 2 unspecified atom stereocenters. The lowest BCUT2D eigenvalue weighted by Crippen LogP contribution is -2.14. The lowest BCUT2D eigenvalue weighted by molar-refractivity contribution is 0.460. The Hall–Kier alpha value is -0.530.